The van der Waals surface area contributed by atoms with E-state index in [4.69, 9.17) is 9.47 Å². The quantitative estimate of drug-likeness (QED) is 0.693. The number of pyridine rings is 1. The van der Waals surface area contributed by atoms with Gasteiger partial charge in [0.25, 0.3) is 11.9 Å². The van der Waals surface area contributed by atoms with Gasteiger partial charge in [0.1, 0.15) is 0 Å². The number of aryl methyl sites for hydroxylation is 1. The number of nitrogens with zero attached hydrogens (tertiary/aromatic N) is 3. The third-order valence-corrected chi connectivity index (χ3v) is 6.88. The lowest BCUT2D eigenvalue weighted by atomic mass is 9.85. The molecule has 6 nitrogen and oxygen atoms in total. The molecule has 1 aliphatic carbocycles. The van der Waals surface area contributed by atoms with Crippen LogP contribution in [0, 0.1) is 6.92 Å². The molecule has 0 radical (unpaired) electrons. The first-order chi connectivity index (χ1) is 14.1. The Morgan fingerprint density at radius 2 is 1.72 bits per heavy atom. The number of aromatic nitrogens is 1. The van der Waals surface area contributed by atoms with Crippen LogP contribution in [0.3, 0.4) is 0 Å². The molecule has 0 saturated carbocycles. The Hall–Kier alpha value is -2.73. The number of carbonyl (C=O) groups excluding carboxylic acids is 1. The summed E-state index contributed by atoms with van der Waals surface area (Å²) in [5, 5.41) is 0. The van der Waals surface area contributed by atoms with E-state index in [9.17, 15) is 4.79 Å². The van der Waals surface area contributed by atoms with Crippen LogP contribution in [0.2, 0.25) is 0 Å². The van der Waals surface area contributed by atoms with Gasteiger partial charge in [-0.1, -0.05) is 30.3 Å². The van der Waals surface area contributed by atoms with Gasteiger partial charge in [-0.25, -0.2) is 0 Å². The third kappa shape index (κ3) is 2.48. The highest BCUT2D eigenvalue weighted by molar-refractivity contribution is 6.02. The maximum absolute atomic E-state index is 12.8. The van der Waals surface area contributed by atoms with Crippen LogP contribution >= 0.6 is 0 Å². The molecule has 3 aliphatic heterocycles. The number of amides is 1. The molecule has 29 heavy (non-hydrogen) atoms. The van der Waals surface area contributed by atoms with Gasteiger partial charge in [0.05, 0.1) is 17.9 Å². The number of hydrogen-bond donors (Lipinski definition) is 0. The van der Waals surface area contributed by atoms with Crippen molar-refractivity contribution in [3.8, 4) is 0 Å². The third-order valence-electron chi connectivity index (χ3n) is 6.88. The lowest BCUT2D eigenvalue weighted by molar-refractivity contribution is -0.130. The molecule has 0 unspecified atom stereocenters. The van der Waals surface area contributed by atoms with Crippen molar-refractivity contribution in [2.75, 3.05) is 13.1 Å². The predicted octanol–water partition coefficient (Wildman–Crippen LogP) is 2.66. The summed E-state index contributed by atoms with van der Waals surface area (Å²) in [6.45, 7) is 4.09. The van der Waals surface area contributed by atoms with Gasteiger partial charge in [-0.05, 0) is 37.0 Å². The summed E-state index contributed by atoms with van der Waals surface area (Å²) in [5.41, 5.74) is 4.57. The summed E-state index contributed by atoms with van der Waals surface area (Å²) in [5.74, 6) is -0.147. The zero-order valence-electron chi connectivity index (χ0n) is 16.5. The average Bonchev–Trinajstić information content (AvgIpc) is 3.37. The first-order valence-corrected chi connectivity index (χ1v) is 10.3. The first kappa shape index (κ1) is 17.2. The molecule has 6 heteroatoms. The summed E-state index contributed by atoms with van der Waals surface area (Å²) in [7, 11) is 0. The fourth-order valence-corrected chi connectivity index (χ4v) is 5.26. The van der Waals surface area contributed by atoms with Gasteiger partial charge in [0.2, 0.25) is 5.60 Å². The number of hydrogen-bond acceptors (Lipinski definition) is 5. The molecule has 6 rings (SSSR count). The summed E-state index contributed by atoms with van der Waals surface area (Å²) >= 11 is 0. The summed E-state index contributed by atoms with van der Waals surface area (Å²) in [4.78, 5) is 23.9. The summed E-state index contributed by atoms with van der Waals surface area (Å²) in [6, 6.07) is 12.9. The molecule has 2 aromatic rings. The van der Waals surface area contributed by atoms with E-state index in [0.717, 1.165) is 37.3 Å². The van der Waals surface area contributed by atoms with Gasteiger partial charge < -0.3 is 14.4 Å². The van der Waals surface area contributed by atoms with Gasteiger partial charge in [0.15, 0.2) is 0 Å². The Bertz CT molecular complexity index is 1030. The largest absolute Gasteiger partial charge is 0.447 e. The highest BCUT2D eigenvalue weighted by Crippen LogP contribution is 2.44. The van der Waals surface area contributed by atoms with Crippen LogP contribution in [0.1, 0.15) is 40.9 Å². The molecule has 1 saturated heterocycles. The zero-order valence-corrected chi connectivity index (χ0v) is 16.5. The Morgan fingerprint density at radius 1 is 1.00 bits per heavy atom. The second kappa shape index (κ2) is 5.89. The molecule has 4 heterocycles. The van der Waals surface area contributed by atoms with Crippen molar-refractivity contribution in [1.82, 2.24) is 9.88 Å². The van der Waals surface area contributed by atoms with Crippen LogP contribution in [0.5, 0.6) is 0 Å². The molecule has 2 spiro atoms. The average molecular weight is 389 g/mol. The van der Waals surface area contributed by atoms with E-state index in [0.29, 0.717) is 25.5 Å². The molecule has 4 aliphatic rings. The van der Waals surface area contributed by atoms with Crippen molar-refractivity contribution in [3.63, 3.8) is 0 Å². The van der Waals surface area contributed by atoms with E-state index in [1.165, 1.54) is 16.7 Å². The fraction of sp³-hybridized carbons (Fsp3) is 0.435. The number of ether oxygens (including phenoxy) is 2. The molecule has 1 amide bonds. The first-order valence-electron chi connectivity index (χ1n) is 10.3. The van der Waals surface area contributed by atoms with Crippen LogP contribution in [0.25, 0.3) is 0 Å². The molecular formula is C23H23N3O3. The molecule has 0 N–H and O–H groups in total. The van der Waals surface area contributed by atoms with Crippen molar-refractivity contribution < 1.29 is 14.3 Å². The molecule has 148 valence electrons. The van der Waals surface area contributed by atoms with E-state index >= 15 is 0 Å². The number of fused-ring (bicyclic) bond motifs is 3. The Labute approximate surface area is 169 Å². The standard InChI is InChI=1S/C23H23N3O3/c1-15-6-7-18-19(24-15)14-28-22(18)8-10-26(11-9-22)21-25-20(27)23(29-21)12-16-4-2-3-5-17(16)13-23/h2-7H,8-14H2,1H3. The van der Waals surface area contributed by atoms with Crippen LogP contribution in [0.15, 0.2) is 41.4 Å². The number of aliphatic imine (C=N–C) groups is 1. The van der Waals surface area contributed by atoms with Crippen LogP contribution in [0.4, 0.5) is 0 Å². The number of rotatable bonds is 0. The van der Waals surface area contributed by atoms with Gasteiger partial charge in [-0.15, -0.1) is 0 Å². The van der Waals surface area contributed by atoms with Gasteiger partial charge >= 0.3 is 0 Å². The van der Waals surface area contributed by atoms with Crippen molar-refractivity contribution in [2.45, 2.75) is 50.4 Å². The van der Waals surface area contributed by atoms with Gasteiger partial charge in [-0.2, -0.15) is 4.99 Å². The van der Waals surface area contributed by atoms with E-state index in [1.807, 2.05) is 19.1 Å². The monoisotopic (exact) mass is 389 g/mol. The number of carbonyl (C=O) groups is 1. The van der Waals surface area contributed by atoms with Crippen LogP contribution in [-0.2, 0) is 39.3 Å². The smallest absolute Gasteiger partial charge is 0.296 e. The molecule has 1 aromatic carbocycles. The predicted molar refractivity (Wildman–Crippen MR) is 106 cm³/mol. The highest BCUT2D eigenvalue weighted by atomic mass is 16.5. The van der Waals surface area contributed by atoms with Crippen molar-refractivity contribution in [3.05, 3.63) is 64.5 Å². The zero-order chi connectivity index (χ0) is 19.6. The van der Waals surface area contributed by atoms with E-state index in [1.54, 1.807) is 0 Å². The lowest BCUT2D eigenvalue weighted by Crippen LogP contribution is -2.47. The number of likely N-dealkylation sites (tertiary alicyclic amines) is 1. The summed E-state index contributed by atoms with van der Waals surface area (Å²) < 4.78 is 12.5. The van der Waals surface area contributed by atoms with Crippen LogP contribution < -0.4 is 0 Å². The van der Waals surface area contributed by atoms with E-state index < -0.39 is 5.60 Å². The maximum Gasteiger partial charge on any atom is 0.296 e. The second-order valence-corrected chi connectivity index (χ2v) is 8.64. The molecule has 1 aromatic heterocycles. The van der Waals surface area contributed by atoms with Crippen molar-refractivity contribution >= 4 is 11.9 Å². The van der Waals surface area contributed by atoms with E-state index in [2.05, 4.69) is 39.1 Å². The normalized spacial score (nSPS) is 23.3. The van der Waals surface area contributed by atoms with Gasteiger partial charge in [0, 0.05) is 37.2 Å². The Morgan fingerprint density at radius 3 is 2.45 bits per heavy atom. The minimum atomic E-state index is -0.841. The maximum atomic E-state index is 12.8. The SMILES string of the molecule is Cc1ccc2c(n1)COC21CCN(C2=NC(=O)C3(Cc4ccccc4C3)O2)CC1. The van der Waals surface area contributed by atoms with Crippen molar-refractivity contribution in [1.29, 1.82) is 0 Å². The number of amidine groups is 1. The molecule has 0 bridgehead atoms. The second-order valence-electron chi connectivity index (χ2n) is 8.64. The molecular weight excluding hydrogens is 366 g/mol. The molecule has 1 fully saturated rings. The topological polar surface area (TPSA) is 64.0 Å². The Balaban J connectivity index is 1.18. The lowest BCUT2D eigenvalue weighted by Gasteiger charge is -2.39. The Kier molecular flexibility index (Phi) is 3.48. The fourth-order valence-electron chi connectivity index (χ4n) is 5.26. The van der Waals surface area contributed by atoms with Gasteiger partial charge in [-0.3, -0.25) is 9.78 Å². The minimum absolute atomic E-state index is 0.147. The number of benzene rings is 1. The van der Waals surface area contributed by atoms with Crippen molar-refractivity contribution in [2.24, 2.45) is 4.99 Å². The molecule has 0 atom stereocenters. The van der Waals surface area contributed by atoms with E-state index in [-0.39, 0.29) is 11.5 Å². The summed E-state index contributed by atoms with van der Waals surface area (Å²) in [6.07, 6.45) is 2.89. The number of piperidine rings is 1. The minimum Gasteiger partial charge on any atom is -0.447 e. The highest BCUT2D eigenvalue weighted by Gasteiger charge is 2.53. The van der Waals surface area contributed by atoms with Crippen LogP contribution in [-0.4, -0.2) is 40.5 Å².